The highest BCUT2D eigenvalue weighted by Crippen LogP contribution is 2.36. The van der Waals surface area contributed by atoms with Gasteiger partial charge in [0.1, 0.15) is 0 Å². The van der Waals surface area contributed by atoms with Crippen molar-refractivity contribution in [3.63, 3.8) is 0 Å². The predicted molar refractivity (Wildman–Crippen MR) is 74.0 cm³/mol. The lowest BCUT2D eigenvalue weighted by molar-refractivity contribution is 0.0505. The molecule has 18 heavy (non-hydrogen) atoms. The van der Waals surface area contributed by atoms with E-state index in [-0.39, 0.29) is 12.1 Å². The second-order valence-electron chi connectivity index (χ2n) is 4.98. The van der Waals surface area contributed by atoms with Gasteiger partial charge in [0.15, 0.2) is 0 Å². The van der Waals surface area contributed by atoms with Gasteiger partial charge in [-0.15, -0.1) is 0 Å². The summed E-state index contributed by atoms with van der Waals surface area (Å²) in [6.45, 7) is 1.99. The molecule has 1 heterocycles. The monoisotopic (exact) mass is 316 g/mol. The molecule has 6 heteroatoms. The second-order valence-corrected chi connectivity index (χ2v) is 5.78. The van der Waals surface area contributed by atoms with Gasteiger partial charge in [0.25, 0.3) is 0 Å². The molecule has 0 spiro atoms. The van der Waals surface area contributed by atoms with Gasteiger partial charge in [-0.3, -0.25) is 16.0 Å². The lowest BCUT2D eigenvalue weighted by atomic mass is 10.0. The molecule has 1 aliphatic rings. The Labute approximate surface area is 116 Å². The molecule has 1 aliphatic carbocycles. The van der Waals surface area contributed by atoms with Crippen LogP contribution in [0.15, 0.2) is 4.47 Å². The third-order valence-electron chi connectivity index (χ3n) is 3.64. The van der Waals surface area contributed by atoms with Gasteiger partial charge in [0.05, 0.1) is 28.0 Å². The van der Waals surface area contributed by atoms with Gasteiger partial charge in [-0.25, -0.2) is 0 Å². The summed E-state index contributed by atoms with van der Waals surface area (Å²) in [7, 11) is 3.72. The zero-order valence-electron chi connectivity index (χ0n) is 11.1. The SMILES string of the molecule is COC(C1CC1)C(Cc1c(Br)c(C)nn1C)NN. The summed E-state index contributed by atoms with van der Waals surface area (Å²) in [5.74, 6) is 6.34. The van der Waals surface area contributed by atoms with Crippen molar-refractivity contribution in [3.05, 3.63) is 15.9 Å². The molecule has 0 aromatic carbocycles. The Morgan fingerprint density at radius 2 is 2.28 bits per heavy atom. The van der Waals surface area contributed by atoms with E-state index in [1.54, 1.807) is 7.11 Å². The molecule has 3 N–H and O–H groups in total. The van der Waals surface area contributed by atoms with Crippen LogP contribution in [0, 0.1) is 12.8 Å². The van der Waals surface area contributed by atoms with Crippen LogP contribution in [-0.4, -0.2) is 29.0 Å². The molecule has 1 fully saturated rings. The Morgan fingerprint density at radius 3 is 2.67 bits per heavy atom. The molecule has 0 saturated heterocycles. The van der Waals surface area contributed by atoms with Gasteiger partial charge >= 0.3 is 0 Å². The number of aryl methyl sites for hydroxylation is 2. The summed E-state index contributed by atoms with van der Waals surface area (Å²) in [5, 5.41) is 4.40. The van der Waals surface area contributed by atoms with Crippen LogP contribution in [0.1, 0.15) is 24.2 Å². The molecular weight excluding hydrogens is 296 g/mol. The Hall–Kier alpha value is -0.430. The number of hydrazine groups is 1. The number of hydrogen-bond acceptors (Lipinski definition) is 4. The number of rotatable bonds is 6. The molecule has 2 rings (SSSR count). The van der Waals surface area contributed by atoms with E-state index in [2.05, 4.69) is 26.5 Å². The lowest BCUT2D eigenvalue weighted by Crippen LogP contribution is -2.47. The van der Waals surface area contributed by atoms with Crippen molar-refractivity contribution in [2.45, 2.75) is 38.3 Å². The van der Waals surface area contributed by atoms with Crippen LogP contribution in [0.5, 0.6) is 0 Å². The first-order chi connectivity index (χ1) is 8.58. The number of ether oxygens (including phenoxy) is 1. The normalized spacial score (nSPS) is 18.9. The van der Waals surface area contributed by atoms with Crippen molar-refractivity contribution in [1.29, 1.82) is 0 Å². The van der Waals surface area contributed by atoms with Crippen LogP contribution in [-0.2, 0) is 18.2 Å². The third kappa shape index (κ3) is 2.77. The highest BCUT2D eigenvalue weighted by atomic mass is 79.9. The lowest BCUT2D eigenvalue weighted by Gasteiger charge is -2.25. The average molecular weight is 317 g/mol. The van der Waals surface area contributed by atoms with Crippen LogP contribution >= 0.6 is 15.9 Å². The number of methoxy groups -OCH3 is 1. The minimum Gasteiger partial charge on any atom is -0.379 e. The quantitative estimate of drug-likeness (QED) is 0.613. The molecule has 0 bridgehead atoms. The maximum atomic E-state index is 5.69. The summed E-state index contributed by atoms with van der Waals surface area (Å²) >= 11 is 3.59. The fraction of sp³-hybridized carbons (Fsp3) is 0.750. The highest BCUT2D eigenvalue weighted by molar-refractivity contribution is 9.10. The van der Waals surface area contributed by atoms with E-state index in [1.165, 1.54) is 12.8 Å². The zero-order valence-corrected chi connectivity index (χ0v) is 12.7. The minimum absolute atomic E-state index is 0.119. The van der Waals surface area contributed by atoms with E-state index >= 15 is 0 Å². The number of aromatic nitrogens is 2. The van der Waals surface area contributed by atoms with Gasteiger partial charge in [-0.2, -0.15) is 5.10 Å². The smallest absolute Gasteiger partial charge is 0.0769 e. The fourth-order valence-corrected chi connectivity index (χ4v) is 2.99. The minimum atomic E-state index is 0.119. The molecule has 5 nitrogen and oxygen atoms in total. The van der Waals surface area contributed by atoms with Crippen molar-refractivity contribution in [1.82, 2.24) is 15.2 Å². The summed E-state index contributed by atoms with van der Waals surface area (Å²) in [4.78, 5) is 0. The molecule has 0 amide bonds. The number of nitrogens with two attached hydrogens (primary N) is 1. The van der Waals surface area contributed by atoms with Gasteiger partial charge in [0, 0.05) is 20.6 Å². The molecule has 1 aromatic rings. The molecule has 0 aliphatic heterocycles. The van der Waals surface area contributed by atoms with Crippen LogP contribution in [0.2, 0.25) is 0 Å². The van der Waals surface area contributed by atoms with Crippen LogP contribution in [0.4, 0.5) is 0 Å². The number of nitrogens with zero attached hydrogens (tertiary/aromatic N) is 2. The maximum Gasteiger partial charge on any atom is 0.0769 e. The van der Waals surface area contributed by atoms with Crippen LogP contribution in [0.3, 0.4) is 0 Å². The third-order valence-corrected chi connectivity index (χ3v) is 4.68. The Kier molecular flexibility index (Phi) is 4.42. The van der Waals surface area contributed by atoms with Crippen molar-refractivity contribution < 1.29 is 4.74 Å². The van der Waals surface area contributed by atoms with E-state index in [4.69, 9.17) is 10.6 Å². The first-order valence-electron chi connectivity index (χ1n) is 6.25. The number of nitrogens with one attached hydrogen (secondary N) is 1. The first kappa shape index (κ1) is 14.0. The molecule has 0 radical (unpaired) electrons. The van der Waals surface area contributed by atoms with Gasteiger partial charge < -0.3 is 4.74 Å². The number of hydrogen-bond donors (Lipinski definition) is 2. The van der Waals surface area contributed by atoms with E-state index in [0.717, 1.165) is 22.3 Å². The van der Waals surface area contributed by atoms with Gasteiger partial charge in [-0.05, 0) is 41.6 Å². The fourth-order valence-electron chi connectivity index (χ4n) is 2.49. The Morgan fingerprint density at radius 1 is 1.61 bits per heavy atom. The summed E-state index contributed by atoms with van der Waals surface area (Å²) in [6.07, 6.45) is 3.46. The Bertz CT molecular complexity index is 416. The van der Waals surface area contributed by atoms with E-state index in [1.807, 2.05) is 18.7 Å². The van der Waals surface area contributed by atoms with Crippen LogP contribution < -0.4 is 11.3 Å². The molecule has 1 aromatic heterocycles. The Balaban J connectivity index is 2.14. The van der Waals surface area contributed by atoms with Gasteiger partial charge in [0.2, 0.25) is 0 Å². The first-order valence-corrected chi connectivity index (χ1v) is 7.04. The molecule has 2 atom stereocenters. The van der Waals surface area contributed by atoms with Crippen molar-refractivity contribution in [3.8, 4) is 0 Å². The summed E-state index contributed by atoms with van der Waals surface area (Å²) in [5.41, 5.74) is 5.05. The molecule has 1 saturated carbocycles. The second kappa shape index (κ2) is 5.69. The number of halogens is 1. The largest absolute Gasteiger partial charge is 0.379 e. The van der Waals surface area contributed by atoms with E-state index < -0.39 is 0 Å². The predicted octanol–water partition coefficient (Wildman–Crippen LogP) is 1.29. The maximum absolute atomic E-state index is 5.69. The molecule has 102 valence electrons. The summed E-state index contributed by atoms with van der Waals surface area (Å²) in [6, 6.07) is 0.119. The summed E-state index contributed by atoms with van der Waals surface area (Å²) < 4.78 is 8.57. The van der Waals surface area contributed by atoms with Crippen molar-refractivity contribution in [2.24, 2.45) is 18.8 Å². The zero-order chi connectivity index (χ0) is 13.3. The van der Waals surface area contributed by atoms with E-state index in [9.17, 15) is 0 Å². The molecular formula is C12H21BrN4O. The van der Waals surface area contributed by atoms with E-state index in [0.29, 0.717) is 5.92 Å². The highest BCUT2D eigenvalue weighted by Gasteiger charge is 2.37. The van der Waals surface area contributed by atoms with Crippen molar-refractivity contribution in [2.75, 3.05) is 7.11 Å². The molecule has 2 unspecified atom stereocenters. The topological polar surface area (TPSA) is 65.1 Å². The average Bonchev–Trinajstić information content (AvgIpc) is 3.13. The van der Waals surface area contributed by atoms with Crippen LogP contribution in [0.25, 0.3) is 0 Å². The van der Waals surface area contributed by atoms with Gasteiger partial charge in [-0.1, -0.05) is 0 Å². The standard InChI is InChI=1S/C12H21BrN4O/c1-7-11(13)10(17(2)16-7)6-9(15-14)12(18-3)8-4-5-8/h8-9,12,15H,4-6,14H2,1-3H3. The van der Waals surface area contributed by atoms with Crippen molar-refractivity contribution >= 4 is 15.9 Å².